The molecule has 3 N–H and O–H groups in total. The lowest BCUT2D eigenvalue weighted by Gasteiger charge is -2.21. The Morgan fingerprint density at radius 2 is 0.454 bits per heavy atom. The number of ether oxygens (including phenoxy) is 4. The number of hydrogen-bond acceptors (Lipinski definition) is 15. The molecule has 0 aliphatic heterocycles. The number of phosphoric acid groups is 2. The van der Waals surface area contributed by atoms with Crippen molar-refractivity contribution in [2.75, 3.05) is 39.6 Å². The second-order valence-electron chi connectivity index (χ2n) is 26.5. The number of carbonyl (C=O) groups excluding carboxylic acids is 4. The van der Waals surface area contributed by atoms with Crippen LogP contribution in [0.5, 0.6) is 0 Å². The van der Waals surface area contributed by atoms with Gasteiger partial charge >= 0.3 is 39.5 Å². The fourth-order valence-corrected chi connectivity index (χ4v) is 11.8. The lowest BCUT2D eigenvalue weighted by molar-refractivity contribution is -0.161. The molecule has 17 nitrogen and oxygen atoms in total. The molecule has 0 rings (SSSR count). The molecule has 5 atom stereocenters. The highest BCUT2D eigenvalue weighted by molar-refractivity contribution is 7.47. The second kappa shape index (κ2) is 79.3. The van der Waals surface area contributed by atoms with Gasteiger partial charge in [0, 0.05) is 25.7 Å². The van der Waals surface area contributed by atoms with Crippen molar-refractivity contribution in [3.63, 3.8) is 0 Å². The first-order valence-electron chi connectivity index (χ1n) is 41.0. The van der Waals surface area contributed by atoms with Crippen molar-refractivity contribution < 1.29 is 80.2 Å². The van der Waals surface area contributed by atoms with Crippen LogP contribution < -0.4 is 0 Å². The standard InChI is InChI=1S/C89H144O17P2/c1-5-9-13-17-21-25-29-33-37-39-41-43-47-49-53-57-61-65-69-73-86(91)99-79-84(105-88(93)75-71-67-63-59-55-51-45-35-31-27-23-19-15-11-7-3)81-103-107(95,96)101-77-83(90)78-102-108(97,98)104-82-85(106-89(94)76-72-68-64-60-56-52-46-36-32-28-24-20-16-12-8-4)80-100-87(92)74-70-66-62-58-54-50-48-44-42-40-38-34-30-26-22-18-14-10-6-2/h9-16,21-28,33-38,41-46,49,53,83-85,90H,5-8,17-20,29-32,39-40,47-48,50-52,54-82H2,1-4H3,(H,95,96)(H,97,98)/b13-9-,14-10-,15-11-,16-12-,25-21-,26-22-,27-23-,28-24-,37-33-,38-34-,43-41-,44-42-,45-35-,46-36-,53-49-. The first kappa shape index (κ1) is 102. The highest BCUT2D eigenvalue weighted by Gasteiger charge is 2.30. The summed E-state index contributed by atoms with van der Waals surface area (Å²) in [5, 5.41) is 10.7. The van der Waals surface area contributed by atoms with E-state index in [0.29, 0.717) is 25.7 Å². The Balaban J connectivity index is 5.45. The van der Waals surface area contributed by atoms with Gasteiger partial charge in [-0.3, -0.25) is 37.3 Å². The summed E-state index contributed by atoms with van der Waals surface area (Å²) in [5.41, 5.74) is 0. The molecule has 0 saturated heterocycles. The van der Waals surface area contributed by atoms with E-state index in [2.05, 4.69) is 210 Å². The number of allylic oxidation sites excluding steroid dienone is 30. The van der Waals surface area contributed by atoms with Crippen LogP contribution in [-0.2, 0) is 65.4 Å². The van der Waals surface area contributed by atoms with Crippen LogP contribution in [0, 0.1) is 0 Å². The van der Waals surface area contributed by atoms with Gasteiger partial charge in [0.05, 0.1) is 26.4 Å². The molecule has 0 bridgehead atoms. The van der Waals surface area contributed by atoms with Crippen LogP contribution in [0.15, 0.2) is 182 Å². The topological polar surface area (TPSA) is 237 Å². The molecule has 5 unspecified atom stereocenters. The molecule has 0 spiro atoms. The van der Waals surface area contributed by atoms with E-state index in [9.17, 15) is 43.2 Å². The second-order valence-corrected chi connectivity index (χ2v) is 29.4. The molecular formula is C89H144O17P2. The zero-order valence-electron chi connectivity index (χ0n) is 66.9. The fourth-order valence-electron chi connectivity index (χ4n) is 10.3. The SMILES string of the molecule is CC/C=C\C/C=C\C/C=C\C/C=C\C/C=C\CCCCCC(=O)OCC(COP(=O)(O)OCC(O)COP(=O)(O)OCC(COC(=O)CCCCCCCC/C=C\C/C=C\C/C=C\C/C=C\CC)OC(=O)CCCCCCC/C=C\C/C=C\C/C=C\CC)OC(=O)CCCCCCC/C=C\C/C=C\C/C=C\CC. The van der Waals surface area contributed by atoms with E-state index in [1.165, 1.54) is 0 Å². The van der Waals surface area contributed by atoms with E-state index in [1.807, 2.05) is 0 Å². The van der Waals surface area contributed by atoms with Gasteiger partial charge in [0.2, 0.25) is 0 Å². The number of aliphatic hydroxyl groups excluding tert-OH is 1. The molecule has 108 heavy (non-hydrogen) atoms. The van der Waals surface area contributed by atoms with Crippen molar-refractivity contribution >= 4 is 39.5 Å². The molecule has 0 heterocycles. The van der Waals surface area contributed by atoms with Crippen molar-refractivity contribution in [1.82, 2.24) is 0 Å². The number of hydrogen-bond donors (Lipinski definition) is 3. The third-order valence-corrected chi connectivity index (χ3v) is 18.3. The lowest BCUT2D eigenvalue weighted by atomic mass is 10.1. The zero-order valence-corrected chi connectivity index (χ0v) is 68.7. The molecular weight excluding hydrogens is 1400 g/mol. The van der Waals surface area contributed by atoms with E-state index in [4.69, 9.17) is 37.0 Å². The molecule has 612 valence electrons. The van der Waals surface area contributed by atoms with Gasteiger partial charge in [-0.15, -0.1) is 0 Å². The summed E-state index contributed by atoms with van der Waals surface area (Å²) in [6.07, 6.45) is 95.7. The minimum absolute atomic E-state index is 0.0606. The summed E-state index contributed by atoms with van der Waals surface area (Å²) in [5.74, 6) is -2.28. The summed E-state index contributed by atoms with van der Waals surface area (Å²) < 4.78 is 68.7. The normalized spacial score (nSPS) is 14.8. The van der Waals surface area contributed by atoms with Gasteiger partial charge < -0.3 is 33.8 Å². The predicted molar refractivity (Wildman–Crippen MR) is 445 cm³/mol. The van der Waals surface area contributed by atoms with Crippen molar-refractivity contribution in [3.8, 4) is 0 Å². The van der Waals surface area contributed by atoms with Gasteiger partial charge in [0.15, 0.2) is 12.2 Å². The number of carbonyl (C=O) groups is 4. The maximum atomic E-state index is 13.1. The molecule has 0 aliphatic carbocycles. The summed E-state index contributed by atoms with van der Waals surface area (Å²) in [6, 6.07) is 0. The van der Waals surface area contributed by atoms with Crippen LogP contribution in [0.3, 0.4) is 0 Å². The zero-order chi connectivity index (χ0) is 78.9. The van der Waals surface area contributed by atoms with E-state index in [-0.39, 0.29) is 25.7 Å². The van der Waals surface area contributed by atoms with Crippen molar-refractivity contribution in [2.45, 2.75) is 316 Å². The Hall–Kier alpha value is -5.84. The average Bonchev–Trinajstić information content (AvgIpc) is 0.923. The Labute approximate surface area is 654 Å². The minimum atomic E-state index is -5.00. The average molecular weight is 1550 g/mol. The van der Waals surface area contributed by atoms with Crippen LogP contribution in [-0.4, -0.2) is 96.7 Å². The van der Waals surface area contributed by atoms with Crippen molar-refractivity contribution in [1.29, 1.82) is 0 Å². The van der Waals surface area contributed by atoms with Crippen LogP contribution in [0.4, 0.5) is 0 Å². The van der Waals surface area contributed by atoms with Gasteiger partial charge in [-0.25, -0.2) is 9.13 Å². The number of unbranched alkanes of at least 4 members (excludes halogenated alkanes) is 19. The van der Waals surface area contributed by atoms with E-state index < -0.39 is 97.5 Å². The number of esters is 4. The minimum Gasteiger partial charge on any atom is -0.462 e. The molecule has 0 aromatic heterocycles. The van der Waals surface area contributed by atoms with Crippen molar-refractivity contribution in [3.05, 3.63) is 182 Å². The number of phosphoric ester groups is 2. The molecule has 0 amide bonds. The Morgan fingerprint density at radius 1 is 0.259 bits per heavy atom. The van der Waals surface area contributed by atoms with E-state index in [1.54, 1.807) is 0 Å². The van der Waals surface area contributed by atoms with Crippen LogP contribution >= 0.6 is 15.6 Å². The highest BCUT2D eigenvalue weighted by atomic mass is 31.2. The highest BCUT2D eigenvalue weighted by Crippen LogP contribution is 2.45. The molecule has 0 radical (unpaired) electrons. The summed E-state index contributed by atoms with van der Waals surface area (Å²) in [4.78, 5) is 73.2. The first-order valence-corrected chi connectivity index (χ1v) is 44.0. The van der Waals surface area contributed by atoms with E-state index >= 15 is 0 Å². The third-order valence-electron chi connectivity index (χ3n) is 16.4. The quantitative estimate of drug-likeness (QED) is 0.0169. The third kappa shape index (κ3) is 78.3. The van der Waals surface area contributed by atoms with Crippen LogP contribution in [0.25, 0.3) is 0 Å². The van der Waals surface area contributed by atoms with Crippen LogP contribution in [0.2, 0.25) is 0 Å². The van der Waals surface area contributed by atoms with Crippen LogP contribution in [0.1, 0.15) is 297 Å². The smallest absolute Gasteiger partial charge is 0.462 e. The maximum absolute atomic E-state index is 13.1. The van der Waals surface area contributed by atoms with Gasteiger partial charge in [0.1, 0.15) is 19.3 Å². The molecule has 0 fully saturated rings. The molecule has 19 heteroatoms. The van der Waals surface area contributed by atoms with E-state index in [0.717, 1.165) is 218 Å². The Bertz CT molecular complexity index is 2760. The summed E-state index contributed by atoms with van der Waals surface area (Å²) in [7, 11) is -10.0. The Kier molecular flexibility index (Phi) is 75.0. The van der Waals surface area contributed by atoms with Gasteiger partial charge in [-0.1, -0.05) is 281 Å². The molecule has 0 aromatic carbocycles. The summed E-state index contributed by atoms with van der Waals surface area (Å²) >= 11 is 0. The lowest BCUT2D eigenvalue weighted by Crippen LogP contribution is -2.30. The molecule has 0 saturated carbocycles. The fraction of sp³-hybridized carbons (Fsp3) is 0.618. The van der Waals surface area contributed by atoms with Crippen molar-refractivity contribution in [2.24, 2.45) is 0 Å². The van der Waals surface area contributed by atoms with Gasteiger partial charge in [0.25, 0.3) is 0 Å². The molecule has 0 aromatic rings. The number of aliphatic hydroxyl groups is 1. The summed E-state index contributed by atoms with van der Waals surface area (Å²) in [6.45, 7) is 4.32. The van der Waals surface area contributed by atoms with Gasteiger partial charge in [-0.2, -0.15) is 0 Å². The first-order chi connectivity index (χ1) is 52.7. The largest absolute Gasteiger partial charge is 0.472 e. The van der Waals surface area contributed by atoms with Gasteiger partial charge in [-0.05, 0) is 173 Å². The maximum Gasteiger partial charge on any atom is 0.472 e. The monoisotopic (exact) mass is 1550 g/mol. The predicted octanol–water partition coefficient (Wildman–Crippen LogP) is 24.3. The molecule has 0 aliphatic rings. The number of rotatable bonds is 75. The Morgan fingerprint density at radius 3 is 0.704 bits per heavy atom.